The van der Waals surface area contributed by atoms with Gasteiger partial charge < -0.3 is 4.90 Å². The number of pyridine rings is 1. The summed E-state index contributed by atoms with van der Waals surface area (Å²) in [7, 11) is 0. The number of nitrogens with zero attached hydrogens (tertiary/aromatic N) is 6. The zero-order valence-corrected chi connectivity index (χ0v) is 28.6. The molecule has 0 spiro atoms. The van der Waals surface area contributed by atoms with Gasteiger partial charge in [-0.05, 0) is 84.9 Å². The van der Waals surface area contributed by atoms with Gasteiger partial charge in [-0.25, -0.2) is 19.9 Å². The molecule has 0 unspecified atom stereocenters. The minimum absolute atomic E-state index is 0.698. The summed E-state index contributed by atoms with van der Waals surface area (Å²) in [6.45, 7) is 0. The van der Waals surface area contributed by atoms with E-state index in [1.165, 1.54) is 20.2 Å². The second-order valence-electron chi connectivity index (χ2n) is 12.6. The van der Waals surface area contributed by atoms with E-state index >= 15 is 0 Å². The van der Waals surface area contributed by atoms with Crippen LogP contribution in [0.4, 0.5) is 17.1 Å². The molecule has 4 aromatic heterocycles. The smallest absolute Gasteiger partial charge is 0.159 e. The summed E-state index contributed by atoms with van der Waals surface area (Å²) in [5.74, 6) is 1.40. The highest BCUT2D eigenvalue weighted by atomic mass is 32.1. The molecule has 0 N–H and O–H groups in total. The Balaban J connectivity index is 1.04. The van der Waals surface area contributed by atoms with Crippen LogP contribution in [-0.4, -0.2) is 24.9 Å². The molecule has 0 saturated carbocycles. The number of thiophene rings is 1. The minimum Gasteiger partial charge on any atom is -0.311 e. The van der Waals surface area contributed by atoms with Crippen LogP contribution in [0.25, 0.3) is 76.0 Å². The van der Waals surface area contributed by atoms with Gasteiger partial charge in [-0.1, -0.05) is 66.7 Å². The molecular formula is C45H28N6S. The molecule has 0 aliphatic carbocycles. The fourth-order valence-electron chi connectivity index (χ4n) is 6.85. The Bertz CT molecular complexity index is 2780. The maximum absolute atomic E-state index is 4.87. The first-order valence-electron chi connectivity index (χ1n) is 17.1. The summed E-state index contributed by atoms with van der Waals surface area (Å²) in [6, 6.07) is 52.3. The van der Waals surface area contributed by atoms with Crippen molar-refractivity contribution in [1.29, 1.82) is 0 Å². The zero-order chi connectivity index (χ0) is 34.4. The maximum atomic E-state index is 4.87. The molecule has 0 bridgehead atoms. The average Bonchev–Trinajstić information content (AvgIpc) is 3.61. The van der Waals surface area contributed by atoms with Crippen molar-refractivity contribution >= 4 is 70.4 Å². The summed E-state index contributed by atoms with van der Waals surface area (Å²) >= 11 is 1.81. The second-order valence-corrected chi connectivity index (χ2v) is 13.7. The molecule has 10 aromatic rings. The van der Waals surface area contributed by atoms with E-state index in [0.717, 1.165) is 61.3 Å². The molecule has 4 heterocycles. The Morgan fingerprint density at radius 1 is 0.423 bits per heavy atom. The second kappa shape index (κ2) is 12.5. The number of aromatic nitrogens is 5. The molecule has 0 fully saturated rings. The van der Waals surface area contributed by atoms with Crippen LogP contribution in [0.2, 0.25) is 0 Å². The lowest BCUT2D eigenvalue weighted by atomic mass is 10.0. The van der Waals surface area contributed by atoms with Crippen LogP contribution >= 0.6 is 11.3 Å². The molecule has 52 heavy (non-hydrogen) atoms. The molecule has 0 radical (unpaired) electrons. The number of anilines is 3. The summed E-state index contributed by atoms with van der Waals surface area (Å²) < 4.78 is 2.51. The van der Waals surface area contributed by atoms with E-state index in [2.05, 4.69) is 118 Å². The number of hydrogen-bond acceptors (Lipinski definition) is 7. The molecule has 0 aliphatic rings. The van der Waals surface area contributed by atoms with Crippen molar-refractivity contribution in [3.63, 3.8) is 0 Å². The van der Waals surface area contributed by atoms with Gasteiger partial charge in [0.2, 0.25) is 0 Å². The summed E-state index contributed by atoms with van der Waals surface area (Å²) in [4.78, 5) is 26.1. The predicted molar refractivity (Wildman–Crippen MR) is 214 cm³/mol. The fraction of sp³-hybridized carbons (Fsp3) is 0. The van der Waals surface area contributed by atoms with Crippen molar-refractivity contribution in [3.8, 4) is 34.0 Å². The Morgan fingerprint density at radius 3 is 1.50 bits per heavy atom. The normalized spacial score (nSPS) is 11.5. The van der Waals surface area contributed by atoms with Gasteiger partial charge in [0.15, 0.2) is 11.6 Å². The van der Waals surface area contributed by atoms with Crippen molar-refractivity contribution in [2.45, 2.75) is 0 Å². The van der Waals surface area contributed by atoms with Crippen molar-refractivity contribution in [2.24, 2.45) is 0 Å². The van der Waals surface area contributed by atoms with Crippen LogP contribution in [0.5, 0.6) is 0 Å². The zero-order valence-electron chi connectivity index (χ0n) is 27.8. The van der Waals surface area contributed by atoms with Gasteiger partial charge in [-0.15, -0.1) is 11.3 Å². The number of rotatable bonds is 6. The third-order valence-electron chi connectivity index (χ3n) is 9.43. The molecule has 6 nitrogen and oxygen atoms in total. The maximum Gasteiger partial charge on any atom is 0.159 e. The van der Waals surface area contributed by atoms with Crippen LogP contribution < -0.4 is 4.90 Å². The highest BCUT2D eigenvalue weighted by Gasteiger charge is 2.17. The molecule has 0 saturated heterocycles. The topological polar surface area (TPSA) is 67.7 Å². The summed E-state index contributed by atoms with van der Waals surface area (Å²) in [5.41, 5.74) is 8.87. The Hall–Kier alpha value is -6.83. The highest BCUT2D eigenvalue weighted by Crippen LogP contribution is 2.41. The van der Waals surface area contributed by atoms with Crippen molar-refractivity contribution in [1.82, 2.24) is 24.9 Å². The number of hydrogen-bond donors (Lipinski definition) is 0. The van der Waals surface area contributed by atoms with Crippen LogP contribution in [0, 0.1) is 0 Å². The lowest BCUT2D eigenvalue weighted by molar-refractivity contribution is 1.22. The lowest BCUT2D eigenvalue weighted by Gasteiger charge is -2.26. The Morgan fingerprint density at radius 2 is 0.923 bits per heavy atom. The van der Waals surface area contributed by atoms with Crippen LogP contribution in [-0.2, 0) is 0 Å². The third-order valence-corrected chi connectivity index (χ3v) is 10.6. The van der Waals surface area contributed by atoms with E-state index in [-0.39, 0.29) is 0 Å². The molecule has 7 heteroatoms. The lowest BCUT2D eigenvalue weighted by Crippen LogP contribution is -2.10. The fourth-order valence-corrected chi connectivity index (χ4v) is 7.95. The first kappa shape index (κ1) is 30.0. The monoisotopic (exact) mass is 684 g/mol. The van der Waals surface area contributed by atoms with Gasteiger partial charge in [0, 0.05) is 83.3 Å². The molecule has 0 amide bonds. The summed E-state index contributed by atoms with van der Waals surface area (Å²) in [6.07, 6.45) is 5.68. The van der Waals surface area contributed by atoms with Gasteiger partial charge in [0.05, 0.1) is 16.7 Å². The Labute approximate surface area is 303 Å². The van der Waals surface area contributed by atoms with E-state index in [1.54, 1.807) is 11.3 Å². The molecule has 6 aromatic carbocycles. The number of fused-ring (bicyclic) bond motifs is 5. The quantitative estimate of drug-likeness (QED) is 0.174. The van der Waals surface area contributed by atoms with E-state index in [1.807, 2.05) is 67.1 Å². The van der Waals surface area contributed by atoms with Crippen LogP contribution in [0.3, 0.4) is 0 Å². The van der Waals surface area contributed by atoms with E-state index in [0.29, 0.717) is 11.6 Å². The van der Waals surface area contributed by atoms with E-state index < -0.39 is 0 Å². The van der Waals surface area contributed by atoms with Crippen LogP contribution in [0.1, 0.15) is 0 Å². The largest absolute Gasteiger partial charge is 0.311 e. The Kier molecular flexibility index (Phi) is 7.22. The van der Waals surface area contributed by atoms with Gasteiger partial charge in [0.25, 0.3) is 0 Å². The third kappa shape index (κ3) is 5.32. The van der Waals surface area contributed by atoms with E-state index in [9.17, 15) is 0 Å². The van der Waals surface area contributed by atoms with Crippen molar-refractivity contribution in [2.75, 3.05) is 4.90 Å². The van der Waals surface area contributed by atoms with Gasteiger partial charge in [0.1, 0.15) is 0 Å². The first-order valence-corrected chi connectivity index (χ1v) is 17.9. The number of benzene rings is 6. The molecule has 0 aliphatic heterocycles. The summed E-state index contributed by atoms with van der Waals surface area (Å²) in [5, 5.41) is 4.48. The first-order chi connectivity index (χ1) is 25.7. The predicted octanol–water partition coefficient (Wildman–Crippen LogP) is 11.8. The molecular weight excluding hydrogens is 657 g/mol. The molecule has 0 atom stereocenters. The number of para-hydroxylation sites is 2. The highest BCUT2D eigenvalue weighted by molar-refractivity contribution is 7.25. The average molecular weight is 685 g/mol. The van der Waals surface area contributed by atoms with Crippen molar-refractivity contribution in [3.05, 3.63) is 170 Å². The van der Waals surface area contributed by atoms with Gasteiger partial charge in [-0.2, -0.15) is 0 Å². The molecule has 10 rings (SSSR count). The minimum atomic E-state index is 0.698. The van der Waals surface area contributed by atoms with E-state index in [4.69, 9.17) is 15.0 Å². The van der Waals surface area contributed by atoms with Gasteiger partial charge >= 0.3 is 0 Å². The van der Waals surface area contributed by atoms with Crippen LogP contribution in [0.15, 0.2) is 170 Å². The van der Waals surface area contributed by atoms with Gasteiger partial charge in [-0.3, -0.25) is 4.98 Å². The van der Waals surface area contributed by atoms with Crippen molar-refractivity contribution < 1.29 is 0 Å². The standard InChI is InChI=1S/C45H28N6S/c1-4-10-38-32(7-1)27-47-44(49-38)30-15-21-35(22-16-30)51(36-23-17-31(18-24-36)45-48-28-33-8-2-5-11-39(33)50-45)34-19-13-29(14-20-34)43-42-37-9-3-6-12-40(37)52-41(42)25-26-46-43/h1-28H. The SMILES string of the molecule is c1ccc2nc(-c3ccc(N(c4ccc(-c5ncc6ccccc6n5)cc4)c4ccc(-c5nccc6sc7ccccc7c56)cc4)cc3)ncc2c1. The molecule has 244 valence electrons.